The SMILES string of the molecule is CC(N)c1ccnc(NC2(C(C)C)CC2)c1. The number of pyridine rings is 1. The lowest BCUT2D eigenvalue weighted by atomic mass is 10.0. The van der Waals surface area contributed by atoms with Crippen molar-refractivity contribution in [1.29, 1.82) is 0 Å². The Morgan fingerprint density at radius 3 is 2.56 bits per heavy atom. The molecule has 1 atom stereocenters. The molecule has 1 aromatic rings. The van der Waals surface area contributed by atoms with E-state index in [-0.39, 0.29) is 11.6 Å². The van der Waals surface area contributed by atoms with Gasteiger partial charge in [-0.2, -0.15) is 0 Å². The molecule has 0 bridgehead atoms. The van der Waals surface area contributed by atoms with Crippen molar-refractivity contribution in [2.75, 3.05) is 5.32 Å². The fraction of sp³-hybridized carbons (Fsp3) is 0.615. The van der Waals surface area contributed by atoms with Gasteiger partial charge in [0.2, 0.25) is 0 Å². The maximum absolute atomic E-state index is 5.87. The van der Waals surface area contributed by atoms with Crippen LogP contribution in [0.5, 0.6) is 0 Å². The molecule has 16 heavy (non-hydrogen) atoms. The summed E-state index contributed by atoms with van der Waals surface area (Å²) in [4.78, 5) is 4.36. The molecule has 3 heteroatoms. The highest BCUT2D eigenvalue weighted by Crippen LogP contribution is 2.44. The molecule has 1 aliphatic rings. The van der Waals surface area contributed by atoms with Crippen LogP contribution in [0.3, 0.4) is 0 Å². The highest BCUT2D eigenvalue weighted by atomic mass is 15.1. The van der Waals surface area contributed by atoms with Gasteiger partial charge in [0.05, 0.1) is 0 Å². The zero-order valence-corrected chi connectivity index (χ0v) is 10.3. The van der Waals surface area contributed by atoms with E-state index in [1.807, 2.05) is 19.2 Å². The van der Waals surface area contributed by atoms with Gasteiger partial charge in [0.1, 0.15) is 5.82 Å². The number of nitrogens with zero attached hydrogens (tertiary/aromatic N) is 1. The monoisotopic (exact) mass is 219 g/mol. The summed E-state index contributed by atoms with van der Waals surface area (Å²) >= 11 is 0. The lowest BCUT2D eigenvalue weighted by Crippen LogP contribution is -2.28. The van der Waals surface area contributed by atoms with Crippen LogP contribution in [0.4, 0.5) is 5.82 Å². The molecular weight excluding hydrogens is 198 g/mol. The van der Waals surface area contributed by atoms with Crippen LogP contribution in [0.2, 0.25) is 0 Å². The Morgan fingerprint density at radius 2 is 2.06 bits per heavy atom. The second kappa shape index (κ2) is 4.06. The maximum atomic E-state index is 5.87. The van der Waals surface area contributed by atoms with Gasteiger partial charge in [-0.15, -0.1) is 0 Å². The molecule has 1 aromatic heterocycles. The third kappa shape index (κ3) is 2.19. The summed E-state index contributed by atoms with van der Waals surface area (Å²) in [5, 5.41) is 3.56. The first-order chi connectivity index (χ1) is 7.53. The Hall–Kier alpha value is -1.09. The molecule has 88 valence electrons. The third-order valence-corrected chi connectivity index (χ3v) is 3.58. The fourth-order valence-corrected chi connectivity index (χ4v) is 2.03. The molecule has 0 saturated heterocycles. The molecule has 1 heterocycles. The van der Waals surface area contributed by atoms with E-state index in [2.05, 4.69) is 30.2 Å². The molecule has 1 aliphatic carbocycles. The van der Waals surface area contributed by atoms with Crippen molar-refractivity contribution in [2.24, 2.45) is 11.7 Å². The average Bonchev–Trinajstić information content (AvgIpc) is 2.99. The van der Waals surface area contributed by atoms with Gasteiger partial charge in [-0.05, 0) is 43.4 Å². The van der Waals surface area contributed by atoms with Gasteiger partial charge >= 0.3 is 0 Å². The summed E-state index contributed by atoms with van der Waals surface area (Å²) in [5.74, 6) is 1.61. The Kier molecular flexibility index (Phi) is 2.89. The van der Waals surface area contributed by atoms with Crippen LogP contribution < -0.4 is 11.1 Å². The average molecular weight is 219 g/mol. The first-order valence-corrected chi connectivity index (χ1v) is 6.03. The van der Waals surface area contributed by atoms with Gasteiger partial charge < -0.3 is 11.1 Å². The Labute approximate surface area is 97.5 Å². The molecule has 3 N–H and O–H groups in total. The molecule has 1 saturated carbocycles. The van der Waals surface area contributed by atoms with E-state index >= 15 is 0 Å². The number of rotatable bonds is 4. The van der Waals surface area contributed by atoms with E-state index in [1.165, 1.54) is 12.8 Å². The van der Waals surface area contributed by atoms with Gasteiger partial charge in [-0.3, -0.25) is 0 Å². The predicted molar refractivity (Wildman–Crippen MR) is 67.3 cm³/mol. The molecule has 0 aromatic carbocycles. The first-order valence-electron chi connectivity index (χ1n) is 6.03. The number of nitrogens with two attached hydrogens (primary N) is 1. The Morgan fingerprint density at radius 1 is 1.38 bits per heavy atom. The summed E-state index contributed by atoms with van der Waals surface area (Å²) in [6.07, 6.45) is 4.32. The highest BCUT2D eigenvalue weighted by Gasteiger charge is 2.45. The quantitative estimate of drug-likeness (QED) is 0.818. The topological polar surface area (TPSA) is 50.9 Å². The smallest absolute Gasteiger partial charge is 0.126 e. The van der Waals surface area contributed by atoms with Crippen molar-refractivity contribution in [1.82, 2.24) is 4.98 Å². The molecule has 0 spiro atoms. The van der Waals surface area contributed by atoms with Crippen LogP contribution in [0.25, 0.3) is 0 Å². The van der Waals surface area contributed by atoms with E-state index in [0.29, 0.717) is 5.92 Å². The number of hydrogen-bond donors (Lipinski definition) is 2. The first kappa shape index (κ1) is 11.4. The molecule has 3 nitrogen and oxygen atoms in total. The number of nitrogens with one attached hydrogen (secondary N) is 1. The van der Waals surface area contributed by atoms with Crippen molar-refractivity contribution >= 4 is 5.82 Å². The molecule has 2 rings (SSSR count). The minimum atomic E-state index is 0.0674. The van der Waals surface area contributed by atoms with Crippen molar-refractivity contribution in [3.05, 3.63) is 23.9 Å². The van der Waals surface area contributed by atoms with E-state index in [0.717, 1.165) is 11.4 Å². The standard InChI is InChI=1S/C13H21N3/c1-9(2)13(5-6-13)16-12-8-11(10(3)14)4-7-15-12/h4,7-10H,5-6,14H2,1-3H3,(H,15,16). The summed E-state index contributed by atoms with van der Waals surface area (Å²) < 4.78 is 0. The summed E-state index contributed by atoms with van der Waals surface area (Å²) in [6.45, 7) is 6.51. The minimum absolute atomic E-state index is 0.0674. The molecule has 0 radical (unpaired) electrons. The van der Waals surface area contributed by atoms with Crippen molar-refractivity contribution in [2.45, 2.75) is 45.2 Å². The van der Waals surface area contributed by atoms with Crippen molar-refractivity contribution < 1.29 is 0 Å². The second-order valence-electron chi connectivity index (χ2n) is 5.20. The normalized spacial score (nSPS) is 19.6. The molecule has 0 aliphatic heterocycles. The van der Waals surface area contributed by atoms with Crippen molar-refractivity contribution in [3.63, 3.8) is 0 Å². The molecule has 1 unspecified atom stereocenters. The summed E-state index contributed by atoms with van der Waals surface area (Å²) in [5.41, 5.74) is 7.28. The predicted octanol–water partition coefficient (Wildman–Crippen LogP) is 2.70. The lowest BCUT2D eigenvalue weighted by molar-refractivity contribution is 0.510. The Balaban J connectivity index is 2.13. The van der Waals surface area contributed by atoms with Crippen LogP contribution in [0.15, 0.2) is 18.3 Å². The Bertz CT molecular complexity index is 367. The fourth-order valence-electron chi connectivity index (χ4n) is 2.03. The molecular formula is C13H21N3. The van der Waals surface area contributed by atoms with Gasteiger partial charge in [0.15, 0.2) is 0 Å². The zero-order chi connectivity index (χ0) is 11.8. The largest absolute Gasteiger partial charge is 0.364 e. The van der Waals surface area contributed by atoms with E-state index in [4.69, 9.17) is 5.73 Å². The molecule has 0 amide bonds. The van der Waals surface area contributed by atoms with Crippen LogP contribution in [0, 0.1) is 5.92 Å². The van der Waals surface area contributed by atoms with Crippen LogP contribution in [-0.4, -0.2) is 10.5 Å². The van der Waals surface area contributed by atoms with E-state index in [1.54, 1.807) is 0 Å². The van der Waals surface area contributed by atoms with Crippen molar-refractivity contribution in [3.8, 4) is 0 Å². The minimum Gasteiger partial charge on any atom is -0.364 e. The van der Waals surface area contributed by atoms with Crippen LogP contribution in [-0.2, 0) is 0 Å². The van der Waals surface area contributed by atoms with Gasteiger partial charge in [-0.25, -0.2) is 4.98 Å². The maximum Gasteiger partial charge on any atom is 0.126 e. The highest BCUT2D eigenvalue weighted by molar-refractivity contribution is 5.43. The second-order valence-corrected chi connectivity index (χ2v) is 5.20. The van der Waals surface area contributed by atoms with Gasteiger partial charge in [-0.1, -0.05) is 13.8 Å². The van der Waals surface area contributed by atoms with Crippen LogP contribution in [0.1, 0.15) is 45.2 Å². The number of aromatic nitrogens is 1. The third-order valence-electron chi connectivity index (χ3n) is 3.58. The summed E-state index contributed by atoms with van der Waals surface area (Å²) in [7, 11) is 0. The summed E-state index contributed by atoms with van der Waals surface area (Å²) in [6, 6.07) is 4.11. The lowest BCUT2D eigenvalue weighted by Gasteiger charge is -2.22. The van der Waals surface area contributed by atoms with E-state index < -0.39 is 0 Å². The molecule has 1 fully saturated rings. The van der Waals surface area contributed by atoms with Gasteiger partial charge in [0.25, 0.3) is 0 Å². The van der Waals surface area contributed by atoms with Crippen LogP contribution >= 0.6 is 0 Å². The number of anilines is 1. The van der Waals surface area contributed by atoms with E-state index in [9.17, 15) is 0 Å². The zero-order valence-electron chi connectivity index (χ0n) is 10.3. The van der Waals surface area contributed by atoms with Gasteiger partial charge in [0, 0.05) is 17.8 Å². The number of hydrogen-bond acceptors (Lipinski definition) is 3.